The molecule has 10 heteroatoms. The molecule has 0 unspecified atom stereocenters. The molecule has 164 valence electrons. The van der Waals surface area contributed by atoms with Crippen LogP contribution in [0.4, 0.5) is 0 Å². The lowest BCUT2D eigenvalue weighted by Gasteiger charge is -2.09. The predicted molar refractivity (Wildman–Crippen MR) is 120 cm³/mol. The van der Waals surface area contributed by atoms with Crippen LogP contribution >= 0.6 is 11.3 Å². The Morgan fingerprint density at radius 2 is 1.61 bits per heavy atom. The average Bonchev–Trinajstić information content (AvgIpc) is 3.30. The number of sulfone groups is 1. The van der Waals surface area contributed by atoms with E-state index in [1.54, 1.807) is 18.2 Å². The van der Waals surface area contributed by atoms with Gasteiger partial charge in [0.15, 0.2) is 9.84 Å². The normalized spacial score (nSPS) is 11.9. The van der Waals surface area contributed by atoms with E-state index in [1.807, 2.05) is 17.5 Å². The Bertz CT molecular complexity index is 1220. The van der Waals surface area contributed by atoms with Crippen molar-refractivity contribution in [2.75, 3.05) is 12.3 Å². The second kappa shape index (κ2) is 10.2. The number of thiophene rings is 1. The molecule has 0 aliphatic heterocycles. The standard InChI is InChI=1S/C21H22N2O5S3/c24-21(22-12-6-14-30(25,26)19-9-2-1-3-10-19)17-7-4-11-20(15-17)31(27,28)23-16-18-8-5-13-29-18/h1-5,7-11,13,15,23H,6,12,14,16H2,(H,22,24). The summed E-state index contributed by atoms with van der Waals surface area (Å²) in [5.41, 5.74) is 0.185. The van der Waals surface area contributed by atoms with Crippen molar-refractivity contribution in [2.24, 2.45) is 0 Å². The topological polar surface area (TPSA) is 109 Å². The summed E-state index contributed by atoms with van der Waals surface area (Å²) in [4.78, 5) is 13.5. The molecule has 0 radical (unpaired) electrons. The summed E-state index contributed by atoms with van der Waals surface area (Å²) in [5, 5.41) is 4.50. The molecule has 7 nitrogen and oxygen atoms in total. The Morgan fingerprint density at radius 1 is 0.871 bits per heavy atom. The van der Waals surface area contributed by atoms with Crippen LogP contribution in [0.15, 0.2) is 81.9 Å². The van der Waals surface area contributed by atoms with Gasteiger partial charge in [-0.25, -0.2) is 21.6 Å². The van der Waals surface area contributed by atoms with Gasteiger partial charge in [-0.3, -0.25) is 4.79 Å². The maximum absolute atomic E-state index is 12.5. The van der Waals surface area contributed by atoms with Crippen molar-refractivity contribution < 1.29 is 21.6 Å². The summed E-state index contributed by atoms with van der Waals surface area (Å²) in [6.45, 7) is 0.324. The second-order valence-electron chi connectivity index (χ2n) is 6.67. The van der Waals surface area contributed by atoms with E-state index in [0.29, 0.717) is 0 Å². The minimum atomic E-state index is -3.77. The fourth-order valence-corrected chi connectivity index (χ4v) is 5.90. The van der Waals surface area contributed by atoms with Crippen LogP contribution in [0.2, 0.25) is 0 Å². The third-order valence-corrected chi connectivity index (χ3v) is 8.49. The Labute approximate surface area is 186 Å². The summed E-state index contributed by atoms with van der Waals surface area (Å²) >= 11 is 1.44. The first-order chi connectivity index (χ1) is 14.8. The van der Waals surface area contributed by atoms with Crippen molar-refractivity contribution >= 4 is 37.1 Å². The molecule has 1 heterocycles. The lowest BCUT2D eigenvalue weighted by molar-refractivity contribution is 0.0953. The van der Waals surface area contributed by atoms with Crippen molar-refractivity contribution in [1.29, 1.82) is 0 Å². The number of nitrogens with one attached hydrogen (secondary N) is 2. The predicted octanol–water partition coefficient (Wildman–Crippen LogP) is 2.82. The van der Waals surface area contributed by atoms with Gasteiger partial charge in [0.05, 0.1) is 15.5 Å². The molecular weight excluding hydrogens is 456 g/mol. The number of hydrogen-bond acceptors (Lipinski definition) is 6. The highest BCUT2D eigenvalue weighted by molar-refractivity contribution is 7.91. The first-order valence-corrected chi connectivity index (χ1v) is 13.5. The van der Waals surface area contributed by atoms with Crippen LogP contribution in [0.1, 0.15) is 21.7 Å². The van der Waals surface area contributed by atoms with Gasteiger partial charge in [-0.05, 0) is 48.2 Å². The van der Waals surface area contributed by atoms with Crippen molar-refractivity contribution in [2.45, 2.75) is 22.8 Å². The molecule has 31 heavy (non-hydrogen) atoms. The van der Waals surface area contributed by atoms with E-state index < -0.39 is 25.8 Å². The molecule has 2 N–H and O–H groups in total. The Kier molecular flexibility index (Phi) is 7.60. The average molecular weight is 479 g/mol. The maximum Gasteiger partial charge on any atom is 0.251 e. The van der Waals surface area contributed by atoms with E-state index in [-0.39, 0.29) is 40.6 Å². The molecule has 0 aliphatic carbocycles. The number of rotatable bonds is 10. The van der Waals surface area contributed by atoms with Crippen LogP contribution in [0.3, 0.4) is 0 Å². The Hall–Kier alpha value is -2.53. The number of hydrogen-bond donors (Lipinski definition) is 2. The van der Waals surface area contributed by atoms with Gasteiger partial charge in [0, 0.05) is 23.5 Å². The second-order valence-corrected chi connectivity index (χ2v) is 11.6. The lowest BCUT2D eigenvalue weighted by Crippen LogP contribution is -2.27. The van der Waals surface area contributed by atoms with Crippen molar-refractivity contribution in [3.63, 3.8) is 0 Å². The zero-order valence-corrected chi connectivity index (χ0v) is 19.0. The summed E-state index contributed by atoms with van der Waals surface area (Å²) in [7, 11) is -7.18. The largest absolute Gasteiger partial charge is 0.352 e. The van der Waals surface area contributed by atoms with E-state index >= 15 is 0 Å². The molecule has 0 saturated heterocycles. The number of sulfonamides is 1. The van der Waals surface area contributed by atoms with Crippen molar-refractivity contribution in [1.82, 2.24) is 10.0 Å². The molecule has 0 atom stereocenters. The van der Waals surface area contributed by atoms with Gasteiger partial charge in [0.2, 0.25) is 10.0 Å². The molecule has 0 aliphatic rings. The highest BCUT2D eigenvalue weighted by Gasteiger charge is 2.17. The van der Waals surface area contributed by atoms with E-state index in [4.69, 9.17) is 0 Å². The first-order valence-electron chi connectivity index (χ1n) is 9.46. The summed E-state index contributed by atoms with van der Waals surface area (Å²) in [6, 6.07) is 17.5. The number of carbonyl (C=O) groups is 1. The van der Waals surface area contributed by atoms with Crippen LogP contribution < -0.4 is 10.0 Å². The van der Waals surface area contributed by atoms with Crippen molar-refractivity contribution in [3.05, 3.63) is 82.6 Å². The highest BCUT2D eigenvalue weighted by atomic mass is 32.2. The van der Waals surface area contributed by atoms with E-state index in [1.165, 1.54) is 47.7 Å². The monoisotopic (exact) mass is 478 g/mol. The van der Waals surface area contributed by atoms with E-state index in [2.05, 4.69) is 10.0 Å². The maximum atomic E-state index is 12.5. The van der Waals surface area contributed by atoms with Gasteiger partial charge < -0.3 is 5.32 Å². The highest BCUT2D eigenvalue weighted by Crippen LogP contribution is 2.14. The summed E-state index contributed by atoms with van der Waals surface area (Å²) < 4.78 is 52.0. The zero-order chi connectivity index (χ0) is 22.3. The van der Waals surface area contributed by atoms with Crippen LogP contribution in [0.25, 0.3) is 0 Å². The molecule has 1 aromatic heterocycles. The SMILES string of the molecule is O=C(NCCCS(=O)(=O)c1ccccc1)c1cccc(S(=O)(=O)NCc2cccs2)c1. The molecule has 2 aromatic carbocycles. The molecule has 0 fully saturated rings. The van der Waals surface area contributed by atoms with Gasteiger partial charge in [-0.15, -0.1) is 11.3 Å². The van der Waals surface area contributed by atoms with Gasteiger partial charge >= 0.3 is 0 Å². The first kappa shape index (κ1) is 23.1. The number of benzene rings is 2. The van der Waals surface area contributed by atoms with E-state index in [9.17, 15) is 21.6 Å². The summed E-state index contributed by atoms with van der Waals surface area (Å²) in [6.07, 6.45) is 0.239. The van der Waals surface area contributed by atoms with Crippen molar-refractivity contribution in [3.8, 4) is 0 Å². The van der Waals surface area contributed by atoms with Gasteiger partial charge in [-0.2, -0.15) is 0 Å². The van der Waals surface area contributed by atoms with Crippen LogP contribution in [0, 0.1) is 0 Å². The molecule has 0 saturated carbocycles. The van der Waals surface area contributed by atoms with E-state index in [0.717, 1.165) is 4.88 Å². The lowest BCUT2D eigenvalue weighted by atomic mass is 10.2. The molecule has 3 rings (SSSR count). The number of carbonyl (C=O) groups excluding carboxylic acids is 1. The fourth-order valence-electron chi connectivity index (χ4n) is 2.78. The molecule has 0 spiro atoms. The smallest absolute Gasteiger partial charge is 0.251 e. The van der Waals surface area contributed by atoms with Crippen LogP contribution in [0.5, 0.6) is 0 Å². The molecule has 3 aromatic rings. The van der Waals surface area contributed by atoms with Gasteiger partial charge in [0.25, 0.3) is 5.91 Å². The van der Waals surface area contributed by atoms with Crippen LogP contribution in [-0.4, -0.2) is 35.0 Å². The minimum Gasteiger partial charge on any atom is -0.352 e. The third-order valence-electron chi connectivity index (χ3n) is 4.40. The Balaban J connectivity index is 1.55. The van der Waals surface area contributed by atoms with Gasteiger partial charge in [-0.1, -0.05) is 30.3 Å². The molecular formula is C21H22N2O5S3. The van der Waals surface area contributed by atoms with Crippen LogP contribution in [-0.2, 0) is 26.4 Å². The molecule has 0 bridgehead atoms. The minimum absolute atomic E-state index is 0.0108. The number of amides is 1. The zero-order valence-electron chi connectivity index (χ0n) is 16.5. The molecule has 1 amide bonds. The fraction of sp³-hybridized carbons (Fsp3) is 0.190. The summed E-state index contributed by atoms with van der Waals surface area (Å²) in [5.74, 6) is -0.564. The third kappa shape index (κ3) is 6.47. The quantitative estimate of drug-likeness (QED) is 0.436. The Morgan fingerprint density at radius 3 is 2.32 bits per heavy atom. The van der Waals surface area contributed by atoms with Gasteiger partial charge in [0.1, 0.15) is 0 Å².